The summed E-state index contributed by atoms with van der Waals surface area (Å²) < 4.78 is 29.0. The summed E-state index contributed by atoms with van der Waals surface area (Å²) >= 11 is 0. The van der Waals surface area contributed by atoms with Crippen LogP contribution in [0, 0.1) is 0 Å². The second kappa shape index (κ2) is 15.2. The molecular weight excluding hydrogens is 640 g/mol. The number of nitrogens with one attached hydrogen (secondary N) is 1. The highest BCUT2D eigenvalue weighted by Gasteiger charge is 2.21. The number of hydrogen-bond acceptors (Lipinski definition) is 12. The molecule has 1 N–H and O–H groups in total. The topological polar surface area (TPSA) is 139 Å². The maximum Gasteiger partial charge on any atom is 0.435 e. The SMILES string of the molecule is COCCOc1cc2c(Nc3ccc4c(cnn4C(=O)OC(C)(C)C)c3)nc(-c3cccc(CC(=O)CN4CCOCC4)c3)nc2cc1OC. The zero-order valence-electron chi connectivity index (χ0n) is 29.0. The van der Waals surface area contributed by atoms with E-state index in [1.54, 1.807) is 26.5 Å². The predicted octanol–water partition coefficient (Wildman–Crippen LogP) is 5.65. The van der Waals surface area contributed by atoms with Crippen molar-refractivity contribution in [2.75, 3.05) is 65.6 Å². The van der Waals surface area contributed by atoms with Crippen LogP contribution >= 0.6 is 0 Å². The van der Waals surface area contributed by atoms with Crippen molar-refractivity contribution >= 4 is 45.2 Å². The average Bonchev–Trinajstić information content (AvgIpc) is 3.51. The molecule has 1 aliphatic heterocycles. The largest absolute Gasteiger partial charge is 0.493 e. The van der Waals surface area contributed by atoms with Crippen molar-refractivity contribution in [3.63, 3.8) is 0 Å². The van der Waals surface area contributed by atoms with E-state index in [9.17, 15) is 9.59 Å². The Kier molecular flexibility index (Phi) is 10.6. The number of morpholine rings is 1. The normalized spacial score (nSPS) is 13.8. The summed E-state index contributed by atoms with van der Waals surface area (Å²) in [6.45, 7) is 9.37. The van der Waals surface area contributed by atoms with Crippen LogP contribution in [0.15, 0.2) is 60.8 Å². The molecule has 13 nitrogen and oxygen atoms in total. The molecule has 0 atom stereocenters. The van der Waals surface area contributed by atoms with E-state index in [1.807, 2.05) is 69.3 Å². The van der Waals surface area contributed by atoms with E-state index in [2.05, 4.69) is 15.3 Å². The number of rotatable bonds is 12. The van der Waals surface area contributed by atoms with Gasteiger partial charge < -0.3 is 29.0 Å². The van der Waals surface area contributed by atoms with Crippen molar-refractivity contribution < 1.29 is 33.3 Å². The maximum atomic E-state index is 13.0. The Bertz CT molecular complexity index is 2000. The quantitative estimate of drug-likeness (QED) is 0.163. The number of methoxy groups -OCH3 is 2. The first kappa shape index (κ1) is 34.7. The van der Waals surface area contributed by atoms with E-state index in [-0.39, 0.29) is 5.78 Å². The second-order valence-corrected chi connectivity index (χ2v) is 13.0. The van der Waals surface area contributed by atoms with Crippen molar-refractivity contribution in [3.05, 3.63) is 66.4 Å². The smallest absolute Gasteiger partial charge is 0.435 e. The van der Waals surface area contributed by atoms with Crippen LogP contribution in [0.5, 0.6) is 11.5 Å². The van der Waals surface area contributed by atoms with Gasteiger partial charge in [0, 0.05) is 54.7 Å². The summed E-state index contributed by atoms with van der Waals surface area (Å²) in [6.07, 6.45) is 1.36. The third-order valence-electron chi connectivity index (χ3n) is 8.01. The molecule has 262 valence electrons. The van der Waals surface area contributed by atoms with E-state index in [1.165, 1.54) is 4.68 Å². The lowest BCUT2D eigenvalue weighted by Crippen LogP contribution is -2.39. The van der Waals surface area contributed by atoms with Gasteiger partial charge in [-0.1, -0.05) is 18.2 Å². The molecule has 0 spiro atoms. The lowest BCUT2D eigenvalue weighted by atomic mass is 10.0. The summed E-state index contributed by atoms with van der Waals surface area (Å²) in [4.78, 5) is 37.8. The van der Waals surface area contributed by atoms with Crippen molar-refractivity contribution in [2.45, 2.75) is 32.8 Å². The average molecular weight is 683 g/mol. The molecule has 0 aliphatic carbocycles. The molecule has 5 aromatic rings. The zero-order valence-corrected chi connectivity index (χ0v) is 29.0. The molecule has 13 heteroatoms. The predicted molar refractivity (Wildman–Crippen MR) is 190 cm³/mol. The van der Waals surface area contributed by atoms with Gasteiger partial charge in [-0.3, -0.25) is 9.69 Å². The van der Waals surface area contributed by atoms with Gasteiger partial charge in [0.15, 0.2) is 23.1 Å². The Labute approximate surface area is 290 Å². The lowest BCUT2D eigenvalue weighted by Gasteiger charge is -2.25. The first-order valence-electron chi connectivity index (χ1n) is 16.5. The van der Waals surface area contributed by atoms with E-state index in [0.717, 1.165) is 29.6 Å². The maximum absolute atomic E-state index is 13.0. The highest BCUT2D eigenvalue weighted by atomic mass is 16.6. The third-order valence-corrected chi connectivity index (χ3v) is 8.01. The van der Waals surface area contributed by atoms with Crippen LogP contribution in [-0.2, 0) is 25.4 Å². The molecule has 1 saturated heterocycles. The molecule has 3 aromatic carbocycles. The number of ether oxygens (including phenoxy) is 5. The number of anilines is 2. The van der Waals surface area contributed by atoms with Gasteiger partial charge in [-0.25, -0.2) is 14.8 Å². The highest BCUT2D eigenvalue weighted by molar-refractivity contribution is 5.96. The van der Waals surface area contributed by atoms with Crippen LogP contribution in [-0.4, -0.2) is 102 Å². The number of carbonyl (C=O) groups excluding carboxylic acids is 2. The van der Waals surface area contributed by atoms with Crippen molar-refractivity contribution in [1.82, 2.24) is 24.6 Å². The molecule has 2 aromatic heterocycles. The molecule has 0 bridgehead atoms. The van der Waals surface area contributed by atoms with E-state index in [0.29, 0.717) is 84.6 Å². The number of hydrogen-bond donors (Lipinski definition) is 1. The van der Waals surface area contributed by atoms with Gasteiger partial charge >= 0.3 is 6.09 Å². The first-order chi connectivity index (χ1) is 24.1. The summed E-state index contributed by atoms with van der Waals surface area (Å²) in [5, 5.41) is 9.16. The molecule has 1 aliphatic rings. The minimum atomic E-state index is -0.657. The first-order valence-corrected chi connectivity index (χ1v) is 16.5. The standard InChI is InChI=1S/C37H42N6O7/c1-37(2,3)50-36(45)43-31-10-9-27(19-26(31)22-38-43)39-35-29-20-33(49-16-15-46-4)32(47-5)21-30(29)40-34(41-35)25-8-6-7-24(17-25)18-28(44)23-42-11-13-48-14-12-42/h6-10,17,19-22H,11-16,18,23H2,1-5H3,(H,39,40,41). The number of carbonyl (C=O) groups is 2. The fourth-order valence-electron chi connectivity index (χ4n) is 5.68. The number of benzene rings is 3. The number of ketones is 1. The van der Waals surface area contributed by atoms with E-state index < -0.39 is 11.7 Å². The zero-order chi connectivity index (χ0) is 35.3. The molecule has 6 rings (SSSR count). The van der Waals surface area contributed by atoms with Gasteiger partial charge in [0.25, 0.3) is 0 Å². The Balaban J connectivity index is 1.35. The van der Waals surface area contributed by atoms with Gasteiger partial charge in [0.1, 0.15) is 18.0 Å². The summed E-state index contributed by atoms with van der Waals surface area (Å²) in [6, 6.07) is 16.9. The van der Waals surface area contributed by atoms with Crippen molar-refractivity contribution in [2.24, 2.45) is 0 Å². The van der Waals surface area contributed by atoms with E-state index >= 15 is 0 Å². The monoisotopic (exact) mass is 682 g/mol. The minimum absolute atomic E-state index is 0.141. The molecular formula is C37H42N6O7. The Morgan fingerprint density at radius 1 is 0.960 bits per heavy atom. The summed E-state index contributed by atoms with van der Waals surface area (Å²) in [5.74, 6) is 2.17. The summed E-state index contributed by atoms with van der Waals surface area (Å²) in [5.41, 5.74) is 2.94. The molecule has 0 unspecified atom stereocenters. The molecule has 0 radical (unpaired) electrons. The fraction of sp³-hybridized carbons (Fsp3) is 0.378. The van der Waals surface area contributed by atoms with Crippen molar-refractivity contribution in [1.29, 1.82) is 0 Å². The molecule has 3 heterocycles. The third kappa shape index (κ3) is 8.36. The van der Waals surface area contributed by atoms with E-state index in [4.69, 9.17) is 33.7 Å². The Morgan fingerprint density at radius 2 is 1.78 bits per heavy atom. The van der Waals surface area contributed by atoms with Gasteiger partial charge in [0.05, 0.1) is 50.7 Å². The number of Topliss-reactive ketones (excluding diaryl/α,β-unsaturated/α-hetero) is 1. The van der Waals surface area contributed by atoms with Crippen LogP contribution in [0.4, 0.5) is 16.3 Å². The van der Waals surface area contributed by atoms with Crippen LogP contribution in [0.2, 0.25) is 0 Å². The second-order valence-electron chi connectivity index (χ2n) is 13.0. The van der Waals surface area contributed by atoms with Crippen LogP contribution in [0.25, 0.3) is 33.2 Å². The fourth-order valence-corrected chi connectivity index (χ4v) is 5.68. The number of fused-ring (bicyclic) bond motifs is 2. The summed E-state index contributed by atoms with van der Waals surface area (Å²) in [7, 11) is 3.19. The Hall–Kier alpha value is -5.11. The van der Waals surface area contributed by atoms with Crippen LogP contribution in [0.1, 0.15) is 26.3 Å². The van der Waals surface area contributed by atoms with Crippen molar-refractivity contribution in [3.8, 4) is 22.9 Å². The molecule has 1 fully saturated rings. The minimum Gasteiger partial charge on any atom is -0.493 e. The molecule has 0 saturated carbocycles. The lowest BCUT2D eigenvalue weighted by molar-refractivity contribution is -0.120. The molecule has 0 amide bonds. The van der Waals surface area contributed by atoms with Crippen LogP contribution < -0.4 is 14.8 Å². The number of aromatic nitrogens is 4. The van der Waals surface area contributed by atoms with Gasteiger partial charge in [-0.05, 0) is 56.7 Å². The molecule has 50 heavy (non-hydrogen) atoms. The van der Waals surface area contributed by atoms with Gasteiger partial charge in [-0.2, -0.15) is 9.78 Å². The highest BCUT2D eigenvalue weighted by Crippen LogP contribution is 2.37. The van der Waals surface area contributed by atoms with Gasteiger partial charge in [0.2, 0.25) is 0 Å². The van der Waals surface area contributed by atoms with Crippen LogP contribution in [0.3, 0.4) is 0 Å². The Morgan fingerprint density at radius 3 is 2.54 bits per heavy atom. The number of nitrogens with zero attached hydrogens (tertiary/aromatic N) is 5. The van der Waals surface area contributed by atoms with Gasteiger partial charge in [-0.15, -0.1) is 0 Å².